The van der Waals surface area contributed by atoms with Gasteiger partial charge in [-0.15, -0.1) is 0 Å². The van der Waals surface area contributed by atoms with Crippen molar-refractivity contribution in [1.29, 1.82) is 0 Å². The van der Waals surface area contributed by atoms with Crippen LogP contribution in [-0.4, -0.2) is 36.0 Å². The Balaban J connectivity index is 1.24. The van der Waals surface area contributed by atoms with Gasteiger partial charge < -0.3 is 20.2 Å². The number of amides is 2. The monoisotopic (exact) mass is 416 g/mol. The van der Waals surface area contributed by atoms with Crippen molar-refractivity contribution in [3.05, 3.63) is 78.6 Å². The van der Waals surface area contributed by atoms with Crippen molar-refractivity contribution < 1.29 is 14.4 Å². The van der Waals surface area contributed by atoms with Gasteiger partial charge in [0.25, 0.3) is 0 Å². The second-order valence-electron chi connectivity index (χ2n) is 7.26. The van der Waals surface area contributed by atoms with Crippen molar-refractivity contribution in [2.45, 2.75) is 19.4 Å². The van der Waals surface area contributed by atoms with Crippen LogP contribution in [0.2, 0.25) is 0 Å². The average molecular weight is 416 g/mol. The number of hydrogen-bond donors (Lipinski definition) is 2. The highest BCUT2D eigenvalue weighted by atomic mass is 16.7. The van der Waals surface area contributed by atoms with Gasteiger partial charge in [-0.25, -0.2) is 4.79 Å². The number of para-hydroxylation sites is 1. The number of carbonyl (C=O) groups excluding carboxylic acids is 1. The van der Waals surface area contributed by atoms with Crippen molar-refractivity contribution in [3.8, 4) is 16.9 Å². The van der Waals surface area contributed by atoms with E-state index >= 15 is 0 Å². The van der Waals surface area contributed by atoms with Gasteiger partial charge in [0.15, 0.2) is 6.10 Å². The van der Waals surface area contributed by atoms with Crippen LogP contribution < -0.4 is 15.4 Å². The van der Waals surface area contributed by atoms with Gasteiger partial charge in [0, 0.05) is 29.6 Å². The summed E-state index contributed by atoms with van der Waals surface area (Å²) in [6.07, 6.45) is 2.06. The van der Waals surface area contributed by atoms with Crippen LogP contribution in [0.25, 0.3) is 11.1 Å². The molecule has 7 heteroatoms. The molecule has 4 rings (SSSR count). The Morgan fingerprint density at radius 1 is 1.13 bits per heavy atom. The number of anilines is 1. The van der Waals surface area contributed by atoms with E-state index in [0.717, 1.165) is 28.3 Å². The van der Waals surface area contributed by atoms with E-state index in [1.165, 1.54) is 0 Å². The normalized spacial score (nSPS) is 15.0. The van der Waals surface area contributed by atoms with Crippen molar-refractivity contribution >= 4 is 17.4 Å². The van der Waals surface area contributed by atoms with Crippen LogP contribution in [0, 0.1) is 6.92 Å². The molecule has 0 bridgehead atoms. The van der Waals surface area contributed by atoms with Crippen molar-refractivity contribution in [3.63, 3.8) is 0 Å². The molecule has 0 spiro atoms. The lowest BCUT2D eigenvalue weighted by Crippen LogP contribution is -2.33. The molecule has 1 atom stereocenters. The Hall–Kier alpha value is -3.87. The van der Waals surface area contributed by atoms with Gasteiger partial charge in [0.2, 0.25) is 0 Å². The van der Waals surface area contributed by atoms with Crippen molar-refractivity contribution in [2.75, 3.05) is 18.5 Å². The van der Waals surface area contributed by atoms with Crippen LogP contribution >= 0.6 is 0 Å². The maximum atomic E-state index is 12.1. The topological polar surface area (TPSA) is 84.8 Å². The van der Waals surface area contributed by atoms with Gasteiger partial charge in [-0.1, -0.05) is 53.7 Å². The summed E-state index contributed by atoms with van der Waals surface area (Å²) < 4.78 is 6.04. The predicted molar refractivity (Wildman–Crippen MR) is 120 cm³/mol. The van der Waals surface area contributed by atoms with Crippen LogP contribution in [0.3, 0.4) is 0 Å². The van der Waals surface area contributed by atoms with E-state index < -0.39 is 0 Å². The minimum atomic E-state index is -0.301. The quantitative estimate of drug-likeness (QED) is 0.598. The number of aryl methyl sites for hydroxylation is 1. The standard InChI is InChI=1S/C24H24N4O3/c1-17-13-19(11-12-25-17)27-24(29)26-15-20-14-21(31-28-20)16-30-23-10-6-5-9-22(23)18-7-3-2-4-8-18/h2-13,21H,14-16H2,1H3,(H2,25,26,27,29). The summed E-state index contributed by atoms with van der Waals surface area (Å²) in [5.74, 6) is 0.802. The molecule has 2 aromatic carbocycles. The largest absolute Gasteiger partial charge is 0.489 e. The maximum Gasteiger partial charge on any atom is 0.319 e. The van der Waals surface area contributed by atoms with Crippen LogP contribution in [0.4, 0.5) is 10.5 Å². The highest BCUT2D eigenvalue weighted by Gasteiger charge is 2.22. The number of aromatic nitrogens is 1. The summed E-state index contributed by atoms with van der Waals surface area (Å²) in [5.41, 5.74) is 4.43. The highest BCUT2D eigenvalue weighted by Crippen LogP contribution is 2.30. The van der Waals surface area contributed by atoms with Gasteiger partial charge in [0.05, 0.1) is 12.3 Å². The zero-order chi connectivity index (χ0) is 21.5. The SMILES string of the molecule is Cc1cc(NC(=O)NCC2=NOC(COc3ccccc3-c3ccccc3)C2)ccn1. The highest BCUT2D eigenvalue weighted by molar-refractivity contribution is 5.94. The fraction of sp³-hybridized carbons (Fsp3) is 0.208. The molecule has 2 amide bonds. The van der Waals surface area contributed by atoms with E-state index in [1.54, 1.807) is 18.3 Å². The summed E-state index contributed by atoms with van der Waals surface area (Å²) in [7, 11) is 0. The predicted octanol–water partition coefficient (Wildman–Crippen LogP) is 4.40. The lowest BCUT2D eigenvalue weighted by atomic mass is 10.0. The van der Waals surface area contributed by atoms with Crippen LogP contribution in [0.1, 0.15) is 12.1 Å². The molecule has 1 unspecified atom stereocenters. The number of rotatable bonds is 7. The molecule has 0 fully saturated rings. The number of urea groups is 1. The van der Waals surface area contributed by atoms with E-state index in [2.05, 4.69) is 32.9 Å². The number of nitrogens with zero attached hydrogens (tertiary/aromatic N) is 2. The summed E-state index contributed by atoms with van der Waals surface area (Å²) in [4.78, 5) is 21.7. The van der Waals surface area contributed by atoms with E-state index in [-0.39, 0.29) is 12.1 Å². The zero-order valence-electron chi connectivity index (χ0n) is 17.2. The first kappa shape index (κ1) is 20.4. The zero-order valence-corrected chi connectivity index (χ0v) is 17.2. The molecule has 2 heterocycles. The third-order valence-electron chi connectivity index (χ3n) is 4.80. The molecule has 1 aliphatic heterocycles. The first-order valence-electron chi connectivity index (χ1n) is 10.1. The maximum absolute atomic E-state index is 12.1. The molecule has 31 heavy (non-hydrogen) atoms. The molecule has 0 radical (unpaired) electrons. The minimum absolute atomic E-state index is 0.188. The number of hydrogen-bond acceptors (Lipinski definition) is 5. The molecule has 158 valence electrons. The molecule has 0 saturated heterocycles. The van der Waals surface area contributed by atoms with E-state index in [4.69, 9.17) is 9.57 Å². The van der Waals surface area contributed by atoms with Gasteiger partial charge in [0.1, 0.15) is 12.4 Å². The van der Waals surface area contributed by atoms with Gasteiger partial charge >= 0.3 is 6.03 Å². The van der Waals surface area contributed by atoms with Gasteiger partial charge in [-0.05, 0) is 30.7 Å². The Kier molecular flexibility index (Phi) is 6.42. The summed E-state index contributed by atoms with van der Waals surface area (Å²) in [6.45, 7) is 2.56. The first-order valence-corrected chi connectivity index (χ1v) is 10.1. The van der Waals surface area contributed by atoms with E-state index in [9.17, 15) is 4.79 Å². The molecule has 1 aliphatic rings. The number of nitrogens with one attached hydrogen (secondary N) is 2. The number of benzene rings is 2. The number of carbonyl (C=O) groups is 1. The molecular weight excluding hydrogens is 392 g/mol. The Labute approximate surface area is 181 Å². The summed E-state index contributed by atoms with van der Waals surface area (Å²) in [6, 6.07) is 21.3. The second-order valence-corrected chi connectivity index (χ2v) is 7.26. The number of ether oxygens (including phenoxy) is 1. The lowest BCUT2D eigenvalue weighted by molar-refractivity contribution is 0.0472. The minimum Gasteiger partial charge on any atom is -0.489 e. The lowest BCUT2D eigenvalue weighted by Gasteiger charge is -2.14. The first-order chi connectivity index (χ1) is 15.2. The Morgan fingerprint density at radius 2 is 1.94 bits per heavy atom. The van der Waals surface area contributed by atoms with Crippen LogP contribution in [-0.2, 0) is 4.84 Å². The second kappa shape index (κ2) is 9.75. The molecule has 2 N–H and O–H groups in total. The smallest absolute Gasteiger partial charge is 0.319 e. The van der Waals surface area contributed by atoms with Crippen molar-refractivity contribution in [2.24, 2.45) is 5.16 Å². The average Bonchev–Trinajstić information content (AvgIpc) is 3.25. The summed E-state index contributed by atoms with van der Waals surface area (Å²) >= 11 is 0. The molecule has 0 saturated carbocycles. The molecule has 7 nitrogen and oxygen atoms in total. The van der Waals surface area contributed by atoms with Crippen LogP contribution in [0.15, 0.2) is 78.1 Å². The molecular formula is C24H24N4O3. The van der Waals surface area contributed by atoms with Gasteiger partial charge in [-0.2, -0.15) is 0 Å². The fourth-order valence-corrected chi connectivity index (χ4v) is 3.29. The van der Waals surface area contributed by atoms with Crippen LogP contribution in [0.5, 0.6) is 5.75 Å². The Bertz CT molecular complexity index is 1070. The fourth-order valence-electron chi connectivity index (χ4n) is 3.29. The summed E-state index contributed by atoms with van der Waals surface area (Å²) in [5, 5.41) is 9.66. The third-order valence-corrected chi connectivity index (χ3v) is 4.80. The number of pyridine rings is 1. The molecule has 3 aromatic rings. The van der Waals surface area contributed by atoms with Crippen molar-refractivity contribution in [1.82, 2.24) is 10.3 Å². The van der Waals surface area contributed by atoms with Gasteiger partial charge in [-0.3, -0.25) is 4.98 Å². The molecule has 1 aromatic heterocycles. The Morgan fingerprint density at radius 3 is 2.77 bits per heavy atom. The number of oxime groups is 1. The molecule has 0 aliphatic carbocycles. The van der Waals surface area contributed by atoms with E-state index in [0.29, 0.717) is 25.3 Å². The van der Waals surface area contributed by atoms with E-state index in [1.807, 2.05) is 49.4 Å². The third kappa shape index (κ3) is 5.60.